The number of aliphatic hydroxyl groups is 2. The third-order valence-electron chi connectivity index (χ3n) is 2.00. The van der Waals surface area contributed by atoms with Gasteiger partial charge in [-0.1, -0.05) is 12.1 Å². The van der Waals surface area contributed by atoms with E-state index in [-0.39, 0.29) is 6.61 Å². The molecular formula is C11H15NO3S. The Bertz CT molecular complexity index is 357. The molecular weight excluding hydrogens is 226 g/mol. The number of thioether (sulfide) groups is 1. The number of nitrogens with two attached hydrogens (primary N) is 1. The van der Waals surface area contributed by atoms with Gasteiger partial charge in [-0.25, -0.2) is 0 Å². The van der Waals surface area contributed by atoms with E-state index in [1.54, 1.807) is 18.2 Å². The first kappa shape index (κ1) is 13.0. The van der Waals surface area contributed by atoms with Crippen LogP contribution < -0.4 is 5.73 Å². The van der Waals surface area contributed by atoms with E-state index in [0.717, 1.165) is 5.56 Å². The van der Waals surface area contributed by atoms with Crippen molar-refractivity contribution < 1.29 is 15.0 Å². The number of aliphatic hydroxyl groups excluding tert-OH is 2. The molecule has 5 heteroatoms. The van der Waals surface area contributed by atoms with Crippen molar-refractivity contribution in [3.05, 3.63) is 35.4 Å². The lowest BCUT2D eigenvalue weighted by Crippen LogP contribution is -2.14. The molecule has 0 bridgehead atoms. The van der Waals surface area contributed by atoms with Crippen molar-refractivity contribution in [2.75, 3.05) is 12.4 Å². The van der Waals surface area contributed by atoms with Gasteiger partial charge in [0, 0.05) is 17.1 Å². The molecule has 16 heavy (non-hydrogen) atoms. The standard InChI is InChI=1S/C11H15NO3S/c12-11(15)9-3-1-2-8(4-9)6-16-7-10(14)5-13/h1-4,10,13-14H,5-7H2,(H2,12,15). The molecule has 0 aliphatic rings. The van der Waals surface area contributed by atoms with Gasteiger partial charge in [0.2, 0.25) is 5.91 Å². The van der Waals surface area contributed by atoms with Crippen LogP contribution in [-0.2, 0) is 5.75 Å². The Morgan fingerprint density at radius 1 is 1.50 bits per heavy atom. The number of carbonyl (C=O) groups is 1. The topological polar surface area (TPSA) is 83.6 Å². The van der Waals surface area contributed by atoms with Crippen LogP contribution in [0, 0.1) is 0 Å². The van der Waals surface area contributed by atoms with Crippen LogP contribution in [-0.4, -0.2) is 34.6 Å². The van der Waals surface area contributed by atoms with Gasteiger partial charge in [-0.15, -0.1) is 0 Å². The van der Waals surface area contributed by atoms with E-state index in [1.807, 2.05) is 6.07 Å². The first-order chi connectivity index (χ1) is 7.63. The monoisotopic (exact) mass is 241 g/mol. The molecule has 0 heterocycles. The summed E-state index contributed by atoms with van der Waals surface area (Å²) >= 11 is 1.50. The van der Waals surface area contributed by atoms with Crippen molar-refractivity contribution in [3.63, 3.8) is 0 Å². The van der Waals surface area contributed by atoms with Gasteiger partial charge in [-0.3, -0.25) is 4.79 Å². The summed E-state index contributed by atoms with van der Waals surface area (Å²) in [5.74, 6) is 0.706. The maximum absolute atomic E-state index is 10.9. The minimum Gasteiger partial charge on any atom is -0.394 e. The number of amides is 1. The molecule has 0 spiro atoms. The quantitative estimate of drug-likeness (QED) is 0.672. The SMILES string of the molecule is NC(=O)c1cccc(CSCC(O)CO)c1. The van der Waals surface area contributed by atoms with E-state index in [9.17, 15) is 4.79 Å². The van der Waals surface area contributed by atoms with Gasteiger partial charge in [-0.2, -0.15) is 11.8 Å². The second kappa shape index (κ2) is 6.52. The Labute approximate surface area is 98.5 Å². The lowest BCUT2D eigenvalue weighted by Gasteiger charge is -2.07. The number of carbonyl (C=O) groups excluding carboxylic acids is 1. The van der Waals surface area contributed by atoms with Crippen LogP contribution in [0.15, 0.2) is 24.3 Å². The molecule has 0 aliphatic carbocycles. The van der Waals surface area contributed by atoms with Crippen molar-refractivity contribution >= 4 is 17.7 Å². The van der Waals surface area contributed by atoms with Crippen molar-refractivity contribution in [1.82, 2.24) is 0 Å². The highest BCUT2D eigenvalue weighted by Gasteiger charge is 2.04. The van der Waals surface area contributed by atoms with Gasteiger partial charge in [0.1, 0.15) is 0 Å². The Kier molecular flexibility index (Phi) is 5.31. The smallest absolute Gasteiger partial charge is 0.248 e. The van der Waals surface area contributed by atoms with Gasteiger partial charge in [0.05, 0.1) is 12.7 Å². The van der Waals surface area contributed by atoms with E-state index in [1.165, 1.54) is 11.8 Å². The molecule has 1 rings (SSSR count). The van der Waals surface area contributed by atoms with Crippen molar-refractivity contribution in [1.29, 1.82) is 0 Å². The summed E-state index contributed by atoms with van der Waals surface area (Å²) in [5.41, 5.74) is 6.63. The molecule has 1 aromatic rings. The van der Waals surface area contributed by atoms with E-state index < -0.39 is 12.0 Å². The summed E-state index contributed by atoms with van der Waals surface area (Å²) in [7, 11) is 0. The third-order valence-corrected chi connectivity index (χ3v) is 3.16. The van der Waals surface area contributed by atoms with E-state index in [4.69, 9.17) is 15.9 Å². The zero-order chi connectivity index (χ0) is 12.0. The molecule has 0 saturated heterocycles. The number of primary amides is 1. The molecule has 1 unspecified atom stereocenters. The first-order valence-corrected chi connectivity index (χ1v) is 6.04. The maximum atomic E-state index is 10.9. The molecule has 4 nitrogen and oxygen atoms in total. The van der Waals surface area contributed by atoms with E-state index in [2.05, 4.69) is 0 Å². The highest BCUT2D eigenvalue weighted by molar-refractivity contribution is 7.98. The van der Waals surface area contributed by atoms with Crippen LogP contribution in [0.1, 0.15) is 15.9 Å². The molecule has 88 valence electrons. The fourth-order valence-corrected chi connectivity index (χ4v) is 2.09. The van der Waals surface area contributed by atoms with Crippen LogP contribution in [0.3, 0.4) is 0 Å². The van der Waals surface area contributed by atoms with Gasteiger partial charge >= 0.3 is 0 Å². The molecule has 1 atom stereocenters. The van der Waals surface area contributed by atoms with Crippen molar-refractivity contribution in [2.24, 2.45) is 5.73 Å². The highest BCUT2D eigenvalue weighted by Crippen LogP contribution is 2.14. The minimum absolute atomic E-state index is 0.228. The van der Waals surface area contributed by atoms with Gasteiger partial charge in [0.15, 0.2) is 0 Å². The highest BCUT2D eigenvalue weighted by atomic mass is 32.2. The predicted octanol–water partition coefficient (Wildman–Crippen LogP) is 0.372. The van der Waals surface area contributed by atoms with Crippen LogP contribution in [0.2, 0.25) is 0 Å². The van der Waals surface area contributed by atoms with Crippen LogP contribution in [0.5, 0.6) is 0 Å². The average Bonchev–Trinajstić information content (AvgIpc) is 2.29. The van der Waals surface area contributed by atoms with E-state index >= 15 is 0 Å². The van der Waals surface area contributed by atoms with Crippen LogP contribution in [0.25, 0.3) is 0 Å². The van der Waals surface area contributed by atoms with Crippen LogP contribution >= 0.6 is 11.8 Å². The minimum atomic E-state index is -0.690. The fraction of sp³-hybridized carbons (Fsp3) is 0.364. The van der Waals surface area contributed by atoms with Gasteiger partial charge < -0.3 is 15.9 Å². The summed E-state index contributed by atoms with van der Waals surface area (Å²) in [5, 5.41) is 17.8. The largest absolute Gasteiger partial charge is 0.394 e. The third kappa shape index (κ3) is 4.22. The Balaban J connectivity index is 2.48. The Morgan fingerprint density at radius 2 is 2.25 bits per heavy atom. The Morgan fingerprint density at radius 3 is 2.88 bits per heavy atom. The Hall–Kier alpha value is -1.04. The summed E-state index contributed by atoms with van der Waals surface area (Å²) in [6.45, 7) is -0.228. The van der Waals surface area contributed by atoms with Gasteiger partial charge in [0.25, 0.3) is 0 Å². The van der Waals surface area contributed by atoms with Gasteiger partial charge in [-0.05, 0) is 17.7 Å². The van der Waals surface area contributed by atoms with Crippen molar-refractivity contribution in [3.8, 4) is 0 Å². The second-order valence-electron chi connectivity index (χ2n) is 3.42. The molecule has 1 amide bonds. The molecule has 0 saturated carbocycles. The lowest BCUT2D eigenvalue weighted by atomic mass is 10.1. The van der Waals surface area contributed by atoms with Crippen molar-refractivity contribution in [2.45, 2.75) is 11.9 Å². The number of hydrogen-bond donors (Lipinski definition) is 3. The molecule has 0 radical (unpaired) electrons. The van der Waals surface area contributed by atoms with Crippen LogP contribution in [0.4, 0.5) is 0 Å². The maximum Gasteiger partial charge on any atom is 0.248 e. The molecule has 0 aromatic heterocycles. The molecule has 1 aromatic carbocycles. The number of hydrogen-bond acceptors (Lipinski definition) is 4. The lowest BCUT2D eigenvalue weighted by molar-refractivity contribution is 0.1000. The molecule has 4 N–H and O–H groups in total. The average molecular weight is 241 g/mol. The molecule has 0 aliphatic heterocycles. The second-order valence-corrected chi connectivity index (χ2v) is 4.45. The fourth-order valence-electron chi connectivity index (χ4n) is 1.18. The first-order valence-electron chi connectivity index (χ1n) is 4.89. The summed E-state index contributed by atoms with van der Waals surface area (Å²) in [6.07, 6.45) is -0.690. The normalized spacial score (nSPS) is 12.4. The predicted molar refractivity (Wildman–Crippen MR) is 64.2 cm³/mol. The summed E-state index contributed by atoms with van der Waals surface area (Å²) in [6, 6.07) is 7.07. The zero-order valence-electron chi connectivity index (χ0n) is 8.80. The summed E-state index contributed by atoms with van der Waals surface area (Å²) < 4.78 is 0. The van der Waals surface area contributed by atoms with E-state index in [0.29, 0.717) is 17.1 Å². The summed E-state index contributed by atoms with van der Waals surface area (Å²) in [4.78, 5) is 10.9. The number of benzene rings is 1. The number of rotatable bonds is 6. The molecule has 0 fully saturated rings. The zero-order valence-corrected chi connectivity index (χ0v) is 9.61.